The Morgan fingerprint density at radius 1 is 1.62 bits per heavy atom. The SMILES string of the molecule is O=C(NC1CC1)c1nccc(Br)n1. The molecule has 13 heavy (non-hydrogen) atoms. The lowest BCUT2D eigenvalue weighted by molar-refractivity contribution is 0.0940. The number of halogens is 1. The zero-order chi connectivity index (χ0) is 9.26. The predicted molar refractivity (Wildman–Crippen MR) is 50.2 cm³/mol. The molecule has 0 aliphatic heterocycles. The van der Waals surface area contributed by atoms with Crippen LogP contribution in [-0.2, 0) is 0 Å². The van der Waals surface area contributed by atoms with Gasteiger partial charge in [-0.2, -0.15) is 0 Å². The molecule has 0 unspecified atom stereocenters. The molecule has 2 rings (SSSR count). The van der Waals surface area contributed by atoms with Crippen LogP contribution in [0.25, 0.3) is 0 Å². The van der Waals surface area contributed by atoms with Gasteiger partial charge in [-0.25, -0.2) is 9.97 Å². The molecule has 1 fully saturated rings. The van der Waals surface area contributed by atoms with Crippen molar-refractivity contribution in [3.05, 3.63) is 22.7 Å². The number of aromatic nitrogens is 2. The summed E-state index contributed by atoms with van der Waals surface area (Å²) in [5, 5.41) is 2.81. The van der Waals surface area contributed by atoms with Crippen molar-refractivity contribution >= 4 is 21.8 Å². The number of hydrogen-bond donors (Lipinski definition) is 1. The first-order chi connectivity index (χ1) is 6.25. The maximum atomic E-state index is 11.4. The Balaban J connectivity index is 2.09. The average Bonchev–Trinajstić information content (AvgIpc) is 2.88. The van der Waals surface area contributed by atoms with E-state index in [2.05, 4.69) is 31.2 Å². The molecule has 0 bridgehead atoms. The van der Waals surface area contributed by atoms with Crippen LogP contribution in [0.2, 0.25) is 0 Å². The smallest absolute Gasteiger partial charge is 0.289 e. The Labute approximate surface area is 83.9 Å². The number of nitrogens with one attached hydrogen (secondary N) is 1. The third-order valence-electron chi connectivity index (χ3n) is 1.74. The van der Waals surface area contributed by atoms with E-state index in [-0.39, 0.29) is 11.7 Å². The number of nitrogens with zero attached hydrogens (tertiary/aromatic N) is 2. The number of carbonyl (C=O) groups is 1. The second kappa shape index (κ2) is 3.41. The van der Waals surface area contributed by atoms with E-state index in [1.165, 1.54) is 0 Å². The van der Waals surface area contributed by atoms with Crippen molar-refractivity contribution in [2.75, 3.05) is 0 Å². The standard InChI is InChI=1S/C8H8BrN3O/c9-6-3-4-10-7(12-6)8(13)11-5-1-2-5/h3-5H,1-2H2,(H,11,13). The van der Waals surface area contributed by atoms with Gasteiger partial charge >= 0.3 is 0 Å². The Hall–Kier alpha value is -0.970. The molecular weight excluding hydrogens is 234 g/mol. The first kappa shape index (κ1) is 8.62. The van der Waals surface area contributed by atoms with Crippen LogP contribution < -0.4 is 5.32 Å². The number of carbonyl (C=O) groups excluding carboxylic acids is 1. The monoisotopic (exact) mass is 241 g/mol. The third-order valence-corrected chi connectivity index (χ3v) is 2.18. The van der Waals surface area contributed by atoms with Crippen LogP contribution in [0.15, 0.2) is 16.9 Å². The van der Waals surface area contributed by atoms with E-state index >= 15 is 0 Å². The lowest BCUT2D eigenvalue weighted by atomic mass is 10.5. The third kappa shape index (κ3) is 2.24. The highest BCUT2D eigenvalue weighted by Gasteiger charge is 2.24. The van der Waals surface area contributed by atoms with E-state index < -0.39 is 0 Å². The molecule has 1 aromatic rings. The summed E-state index contributed by atoms with van der Waals surface area (Å²) >= 11 is 3.18. The van der Waals surface area contributed by atoms with Crippen molar-refractivity contribution in [2.45, 2.75) is 18.9 Å². The van der Waals surface area contributed by atoms with Crippen molar-refractivity contribution in [3.63, 3.8) is 0 Å². The fourth-order valence-corrected chi connectivity index (χ4v) is 1.21. The molecule has 4 nitrogen and oxygen atoms in total. The summed E-state index contributed by atoms with van der Waals surface area (Å²) in [5.74, 6) is 0.0325. The zero-order valence-corrected chi connectivity index (χ0v) is 8.41. The second-order valence-electron chi connectivity index (χ2n) is 2.95. The molecule has 0 radical (unpaired) electrons. The largest absolute Gasteiger partial charge is 0.347 e. The molecule has 1 N–H and O–H groups in total. The predicted octanol–water partition coefficient (Wildman–Crippen LogP) is 1.13. The fraction of sp³-hybridized carbons (Fsp3) is 0.375. The van der Waals surface area contributed by atoms with E-state index in [4.69, 9.17) is 0 Å². The molecule has 68 valence electrons. The number of hydrogen-bond acceptors (Lipinski definition) is 3. The highest BCUT2D eigenvalue weighted by Crippen LogP contribution is 2.18. The van der Waals surface area contributed by atoms with Crippen molar-refractivity contribution in [3.8, 4) is 0 Å². The van der Waals surface area contributed by atoms with E-state index in [9.17, 15) is 4.79 Å². The van der Waals surface area contributed by atoms with Gasteiger partial charge < -0.3 is 5.32 Å². The van der Waals surface area contributed by atoms with E-state index in [0.29, 0.717) is 10.6 Å². The van der Waals surface area contributed by atoms with Crippen LogP contribution in [0.5, 0.6) is 0 Å². The highest BCUT2D eigenvalue weighted by molar-refractivity contribution is 9.10. The van der Waals surface area contributed by atoms with Crippen LogP contribution in [0, 0.1) is 0 Å². The molecule has 0 atom stereocenters. The van der Waals surface area contributed by atoms with Gasteiger partial charge in [-0.3, -0.25) is 4.79 Å². The molecule has 1 aliphatic rings. The van der Waals surface area contributed by atoms with Crippen LogP contribution in [-0.4, -0.2) is 21.9 Å². The molecule has 1 aliphatic carbocycles. The summed E-state index contributed by atoms with van der Waals surface area (Å²) < 4.78 is 0.628. The molecular formula is C8H8BrN3O. The van der Waals surface area contributed by atoms with Gasteiger partial charge in [0.2, 0.25) is 5.82 Å². The topological polar surface area (TPSA) is 54.9 Å². The van der Waals surface area contributed by atoms with Gasteiger partial charge in [0.05, 0.1) is 0 Å². The zero-order valence-electron chi connectivity index (χ0n) is 6.83. The first-order valence-electron chi connectivity index (χ1n) is 4.05. The van der Waals surface area contributed by atoms with Gasteiger partial charge in [-0.15, -0.1) is 0 Å². The summed E-state index contributed by atoms with van der Waals surface area (Å²) in [7, 11) is 0. The average molecular weight is 242 g/mol. The summed E-state index contributed by atoms with van der Waals surface area (Å²) in [6.07, 6.45) is 3.69. The molecule has 1 heterocycles. The maximum Gasteiger partial charge on any atom is 0.289 e. The summed E-state index contributed by atoms with van der Waals surface area (Å²) in [6, 6.07) is 2.03. The highest BCUT2D eigenvalue weighted by atomic mass is 79.9. The molecule has 1 aromatic heterocycles. The van der Waals surface area contributed by atoms with Gasteiger partial charge in [-0.1, -0.05) is 0 Å². The molecule has 5 heteroatoms. The minimum atomic E-state index is -0.191. The molecule has 0 spiro atoms. The van der Waals surface area contributed by atoms with Crippen LogP contribution >= 0.6 is 15.9 Å². The van der Waals surface area contributed by atoms with E-state index in [1.807, 2.05) is 0 Å². The van der Waals surface area contributed by atoms with Gasteiger partial charge in [0.25, 0.3) is 5.91 Å². The Bertz CT molecular complexity index is 338. The van der Waals surface area contributed by atoms with Crippen LogP contribution in [0.4, 0.5) is 0 Å². The lowest BCUT2D eigenvalue weighted by Gasteiger charge is -2.00. The van der Waals surface area contributed by atoms with Gasteiger partial charge in [0.15, 0.2) is 0 Å². The Morgan fingerprint density at radius 2 is 2.38 bits per heavy atom. The fourth-order valence-electron chi connectivity index (χ4n) is 0.924. The summed E-state index contributed by atoms with van der Waals surface area (Å²) in [5.41, 5.74) is 0. The minimum absolute atomic E-state index is 0.191. The van der Waals surface area contributed by atoms with Crippen LogP contribution in [0.1, 0.15) is 23.5 Å². The van der Waals surface area contributed by atoms with Gasteiger partial charge in [0, 0.05) is 12.2 Å². The van der Waals surface area contributed by atoms with Crippen LogP contribution in [0.3, 0.4) is 0 Å². The Kier molecular flexibility index (Phi) is 2.26. The lowest BCUT2D eigenvalue weighted by Crippen LogP contribution is -2.27. The molecule has 0 aromatic carbocycles. The molecule has 1 saturated carbocycles. The van der Waals surface area contributed by atoms with Crippen molar-refractivity contribution in [1.29, 1.82) is 0 Å². The summed E-state index contributed by atoms with van der Waals surface area (Å²) in [4.78, 5) is 19.2. The molecule has 0 saturated heterocycles. The number of amides is 1. The normalized spacial score (nSPS) is 15.5. The first-order valence-corrected chi connectivity index (χ1v) is 4.84. The van der Waals surface area contributed by atoms with Crippen molar-refractivity contribution < 1.29 is 4.79 Å². The quantitative estimate of drug-likeness (QED) is 0.791. The second-order valence-corrected chi connectivity index (χ2v) is 3.76. The van der Waals surface area contributed by atoms with E-state index in [0.717, 1.165) is 12.8 Å². The van der Waals surface area contributed by atoms with Crippen molar-refractivity contribution in [2.24, 2.45) is 0 Å². The summed E-state index contributed by atoms with van der Waals surface area (Å²) in [6.45, 7) is 0. The van der Waals surface area contributed by atoms with E-state index in [1.54, 1.807) is 12.3 Å². The van der Waals surface area contributed by atoms with Gasteiger partial charge in [0.1, 0.15) is 4.60 Å². The Morgan fingerprint density at radius 3 is 3.00 bits per heavy atom. The maximum absolute atomic E-state index is 11.4. The minimum Gasteiger partial charge on any atom is -0.347 e. The number of rotatable bonds is 2. The van der Waals surface area contributed by atoms with Crippen molar-refractivity contribution in [1.82, 2.24) is 15.3 Å². The van der Waals surface area contributed by atoms with Gasteiger partial charge in [-0.05, 0) is 34.8 Å². The molecule has 1 amide bonds.